The number of rotatable bonds is 4. The first-order valence-electron chi connectivity index (χ1n) is 6.51. The maximum atomic E-state index is 10.6. The van der Waals surface area contributed by atoms with Gasteiger partial charge in [-0.15, -0.1) is 0 Å². The van der Waals surface area contributed by atoms with Crippen molar-refractivity contribution in [3.05, 3.63) is 71.8 Å². The summed E-state index contributed by atoms with van der Waals surface area (Å²) in [6.07, 6.45) is 1.62. The quantitative estimate of drug-likeness (QED) is 0.670. The third-order valence-corrected chi connectivity index (χ3v) is 3.27. The van der Waals surface area contributed by atoms with E-state index >= 15 is 0 Å². The van der Waals surface area contributed by atoms with E-state index in [1.165, 1.54) is 0 Å². The first-order valence-corrected chi connectivity index (χ1v) is 6.51. The average Bonchev–Trinajstić information content (AvgIpc) is 3.05. The van der Waals surface area contributed by atoms with Gasteiger partial charge in [0.25, 0.3) is 0 Å². The molecule has 0 aliphatic heterocycles. The lowest BCUT2D eigenvalue weighted by Crippen LogP contribution is -1.80. The van der Waals surface area contributed by atoms with Crippen LogP contribution in [0.5, 0.6) is 0 Å². The zero-order chi connectivity index (χ0) is 14.7. The highest BCUT2D eigenvalue weighted by molar-refractivity contribution is 5.77. The van der Waals surface area contributed by atoms with E-state index in [9.17, 15) is 9.59 Å². The molecular weight excluding hydrogens is 264 g/mol. The Balaban J connectivity index is 1.90. The Morgan fingerprint density at radius 3 is 1.29 bits per heavy atom. The second-order valence-corrected chi connectivity index (χ2v) is 4.64. The summed E-state index contributed by atoms with van der Waals surface area (Å²) in [7, 11) is 0. The predicted molar refractivity (Wildman–Crippen MR) is 80.4 cm³/mol. The fraction of sp³-hybridized carbons (Fsp3) is 0. The smallest absolute Gasteiger partial charge is 0.150 e. The molecule has 21 heavy (non-hydrogen) atoms. The third kappa shape index (κ3) is 2.67. The van der Waals surface area contributed by atoms with Crippen LogP contribution in [0.3, 0.4) is 0 Å². The Hall–Kier alpha value is -2.94. The lowest BCUT2D eigenvalue weighted by Gasteiger charge is -1.99. The topological polar surface area (TPSA) is 47.3 Å². The first kappa shape index (κ1) is 13.1. The second kappa shape index (κ2) is 5.59. The molecule has 3 heteroatoms. The highest BCUT2D eigenvalue weighted by Crippen LogP contribution is 2.28. The molecule has 0 radical (unpaired) electrons. The fourth-order valence-electron chi connectivity index (χ4n) is 2.10. The summed E-state index contributed by atoms with van der Waals surface area (Å²) in [5.41, 5.74) is 3.10. The number of carbonyl (C=O) groups is 2. The van der Waals surface area contributed by atoms with E-state index in [1.807, 2.05) is 36.4 Å². The second-order valence-electron chi connectivity index (χ2n) is 4.64. The van der Waals surface area contributed by atoms with E-state index in [4.69, 9.17) is 4.42 Å². The van der Waals surface area contributed by atoms with Gasteiger partial charge in [0.05, 0.1) is 0 Å². The van der Waals surface area contributed by atoms with Gasteiger partial charge in [-0.25, -0.2) is 0 Å². The summed E-state index contributed by atoms with van der Waals surface area (Å²) < 4.78 is 5.83. The molecule has 3 rings (SSSR count). The van der Waals surface area contributed by atoms with Crippen LogP contribution in [-0.4, -0.2) is 12.6 Å². The van der Waals surface area contributed by atoms with E-state index < -0.39 is 0 Å². The van der Waals surface area contributed by atoms with Crippen molar-refractivity contribution >= 4 is 12.6 Å². The number of carbonyl (C=O) groups excluding carboxylic acids is 2. The number of hydrogen-bond donors (Lipinski definition) is 0. The predicted octanol–water partition coefficient (Wildman–Crippen LogP) is 4.24. The number of hydrogen-bond acceptors (Lipinski definition) is 3. The van der Waals surface area contributed by atoms with E-state index in [0.717, 1.165) is 35.2 Å². The molecule has 3 nitrogen and oxygen atoms in total. The van der Waals surface area contributed by atoms with E-state index in [1.54, 1.807) is 24.3 Å². The van der Waals surface area contributed by atoms with Gasteiger partial charge in [0.2, 0.25) is 0 Å². The molecule has 0 saturated heterocycles. The minimum Gasteiger partial charge on any atom is -0.456 e. The van der Waals surface area contributed by atoms with Crippen molar-refractivity contribution in [1.82, 2.24) is 0 Å². The van der Waals surface area contributed by atoms with Gasteiger partial charge in [-0.05, 0) is 12.1 Å². The molecule has 1 aromatic heterocycles. The average molecular weight is 276 g/mol. The van der Waals surface area contributed by atoms with Crippen LogP contribution in [0.2, 0.25) is 0 Å². The number of aldehydes is 2. The Kier molecular flexibility index (Phi) is 3.48. The molecule has 3 aromatic rings. The molecule has 0 bridgehead atoms. The molecule has 0 saturated carbocycles. The summed E-state index contributed by atoms with van der Waals surface area (Å²) in [6.45, 7) is 0. The lowest BCUT2D eigenvalue weighted by atomic mass is 10.1. The van der Waals surface area contributed by atoms with Gasteiger partial charge < -0.3 is 4.42 Å². The molecule has 2 aromatic carbocycles. The van der Waals surface area contributed by atoms with E-state index in [-0.39, 0.29) is 0 Å². The summed E-state index contributed by atoms with van der Waals surface area (Å²) in [4.78, 5) is 21.3. The van der Waals surface area contributed by atoms with Crippen LogP contribution in [0, 0.1) is 0 Å². The highest BCUT2D eigenvalue weighted by Gasteiger charge is 2.07. The molecule has 0 unspecified atom stereocenters. The Labute approximate surface area is 121 Å². The van der Waals surface area contributed by atoms with Crippen LogP contribution in [0.4, 0.5) is 0 Å². The normalized spacial score (nSPS) is 10.3. The molecule has 102 valence electrons. The standard InChI is InChI=1S/C18H12O3/c19-11-13-1-5-15(6-2-13)17-9-10-18(21-17)16-7-3-14(12-20)4-8-16/h1-12H. The molecule has 0 aliphatic carbocycles. The maximum Gasteiger partial charge on any atom is 0.150 e. The molecule has 1 heterocycles. The van der Waals surface area contributed by atoms with Gasteiger partial charge in [0, 0.05) is 22.3 Å². The van der Waals surface area contributed by atoms with Crippen LogP contribution < -0.4 is 0 Å². The van der Waals surface area contributed by atoms with Crippen LogP contribution in [0.1, 0.15) is 20.7 Å². The molecule has 0 spiro atoms. The van der Waals surface area contributed by atoms with Crippen molar-refractivity contribution in [1.29, 1.82) is 0 Å². The van der Waals surface area contributed by atoms with Crippen LogP contribution in [-0.2, 0) is 0 Å². The monoisotopic (exact) mass is 276 g/mol. The molecule has 0 amide bonds. The largest absolute Gasteiger partial charge is 0.456 e. The van der Waals surface area contributed by atoms with Gasteiger partial charge in [-0.3, -0.25) is 9.59 Å². The molecule has 0 aliphatic rings. The van der Waals surface area contributed by atoms with Crippen molar-refractivity contribution in [3.8, 4) is 22.6 Å². The first-order chi connectivity index (χ1) is 10.3. The van der Waals surface area contributed by atoms with Gasteiger partial charge in [-0.2, -0.15) is 0 Å². The van der Waals surface area contributed by atoms with Crippen molar-refractivity contribution in [2.75, 3.05) is 0 Å². The zero-order valence-corrected chi connectivity index (χ0v) is 11.2. The summed E-state index contributed by atoms with van der Waals surface area (Å²) >= 11 is 0. The fourth-order valence-corrected chi connectivity index (χ4v) is 2.10. The van der Waals surface area contributed by atoms with Gasteiger partial charge in [0.1, 0.15) is 24.1 Å². The Bertz CT molecular complexity index is 699. The van der Waals surface area contributed by atoms with Gasteiger partial charge in [0.15, 0.2) is 0 Å². The summed E-state index contributed by atoms with van der Waals surface area (Å²) in [5.74, 6) is 1.48. The van der Waals surface area contributed by atoms with Gasteiger partial charge in [-0.1, -0.05) is 48.5 Å². The van der Waals surface area contributed by atoms with Gasteiger partial charge >= 0.3 is 0 Å². The Morgan fingerprint density at radius 2 is 0.952 bits per heavy atom. The Morgan fingerprint density at radius 1 is 0.571 bits per heavy atom. The number of furan rings is 1. The highest BCUT2D eigenvalue weighted by atomic mass is 16.3. The summed E-state index contributed by atoms with van der Waals surface area (Å²) in [5, 5.41) is 0. The molecular formula is C18H12O3. The lowest BCUT2D eigenvalue weighted by molar-refractivity contribution is 0.111. The van der Waals surface area contributed by atoms with Crippen LogP contribution in [0.25, 0.3) is 22.6 Å². The molecule has 0 atom stereocenters. The van der Waals surface area contributed by atoms with E-state index in [0.29, 0.717) is 11.1 Å². The number of benzene rings is 2. The van der Waals surface area contributed by atoms with Crippen molar-refractivity contribution in [2.24, 2.45) is 0 Å². The zero-order valence-electron chi connectivity index (χ0n) is 11.2. The van der Waals surface area contributed by atoms with E-state index in [2.05, 4.69) is 0 Å². The van der Waals surface area contributed by atoms with Crippen molar-refractivity contribution in [2.45, 2.75) is 0 Å². The maximum absolute atomic E-state index is 10.6. The summed E-state index contributed by atoms with van der Waals surface area (Å²) in [6, 6.07) is 18.2. The molecule has 0 fully saturated rings. The van der Waals surface area contributed by atoms with Crippen LogP contribution >= 0.6 is 0 Å². The van der Waals surface area contributed by atoms with Crippen molar-refractivity contribution in [3.63, 3.8) is 0 Å². The third-order valence-electron chi connectivity index (χ3n) is 3.27. The minimum atomic E-state index is 0.634. The molecule has 0 N–H and O–H groups in total. The minimum absolute atomic E-state index is 0.634. The SMILES string of the molecule is O=Cc1ccc(-c2ccc(-c3ccc(C=O)cc3)o2)cc1. The van der Waals surface area contributed by atoms with Crippen LogP contribution in [0.15, 0.2) is 65.1 Å². The van der Waals surface area contributed by atoms with Crippen molar-refractivity contribution < 1.29 is 14.0 Å².